The molecule has 1 saturated carbocycles. The van der Waals surface area contributed by atoms with E-state index >= 15 is 0 Å². The number of thiophene rings is 1. The van der Waals surface area contributed by atoms with Gasteiger partial charge in [0.15, 0.2) is 5.78 Å². The van der Waals surface area contributed by atoms with E-state index in [4.69, 9.17) is 5.73 Å². The average Bonchev–Trinajstić information content (AvgIpc) is 2.89. The van der Waals surface area contributed by atoms with Crippen molar-refractivity contribution in [3.05, 3.63) is 21.9 Å². The highest BCUT2D eigenvalue weighted by atomic mass is 32.1. The number of hydrogen-bond donors (Lipinski definition) is 2. The fourth-order valence-electron chi connectivity index (χ4n) is 2.56. The average molecular weight is 280 g/mol. The predicted molar refractivity (Wildman–Crippen MR) is 76.6 cm³/mol. The Morgan fingerprint density at radius 3 is 2.79 bits per heavy atom. The zero-order chi connectivity index (χ0) is 13.8. The highest BCUT2D eigenvalue weighted by Crippen LogP contribution is 2.24. The molecule has 0 aliphatic heterocycles. The number of rotatable bonds is 4. The Hall–Kier alpha value is -1.20. The smallest absolute Gasteiger partial charge is 0.261 e. The maximum Gasteiger partial charge on any atom is 0.261 e. The van der Waals surface area contributed by atoms with E-state index in [0.717, 1.165) is 19.3 Å². The van der Waals surface area contributed by atoms with Crippen LogP contribution in [0.4, 0.5) is 0 Å². The zero-order valence-electron chi connectivity index (χ0n) is 11.1. The SMILES string of the molecule is CC(=O)c1csc(C(=O)NC2CCCCC2CN)c1. The van der Waals surface area contributed by atoms with E-state index in [2.05, 4.69) is 5.32 Å². The van der Waals surface area contributed by atoms with E-state index in [9.17, 15) is 9.59 Å². The minimum atomic E-state index is -0.0807. The molecule has 2 rings (SSSR count). The summed E-state index contributed by atoms with van der Waals surface area (Å²) in [6.07, 6.45) is 4.43. The van der Waals surface area contributed by atoms with E-state index in [1.165, 1.54) is 24.7 Å². The van der Waals surface area contributed by atoms with Crippen LogP contribution in [-0.2, 0) is 0 Å². The lowest BCUT2D eigenvalue weighted by molar-refractivity contribution is 0.0912. The van der Waals surface area contributed by atoms with Gasteiger partial charge in [-0.1, -0.05) is 12.8 Å². The lowest BCUT2D eigenvalue weighted by Gasteiger charge is -2.31. The Morgan fingerprint density at radius 1 is 1.42 bits per heavy atom. The molecule has 2 unspecified atom stereocenters. The van der Waals surface area contributed by atoms with E-state index in [0.29, 0.717) is 22.9 Å². The van der Waals surface area contributed by atoms with Gasteiger partial charge in [0.2, 0.25) is 0 Å². The number of ketones is 1. The summed E-state index contributed by atoms with van der Waals surface area (Å²) in [6, 6.07) is 1.84. The molecule has 0 saturated heterocycles. The third-order valence-electron chi connectivity index (χ3n) is 3.76. The second-order valence-corrected chi connectivity index (χ2v) is 6.03. The van der Waals surface area contributed by atoms with Gasteiger partial charge in [0, 0.05) is 17.0 Å². The summed E-state index contributed by atoms with van der Waals surface area (Å²) in [5.74, 6) is 0.292. The molecule has 0 bridgehead atoms. The number of Topliss-reactive ketones (excluding diaryl/α,β-unsaturated/α-hetero) is 1. The van der Waals surface area contributed by atoms with Gasteiger partial charge >= 0.3 is 0 Å². The lowest BCUT2D eigenvalue weighted by Crippen LogP contribution is -2.44. The van der Waals surface area contributed by atoms with Crippen LogP contribution in [0.2, 0.25) is 0 Å². The summed E-state index contributed by atoms with van der Waals surface area (Å²) in [4.78, 5) is 24.0. The van der Waals surface area contributed by atoms with Gasteiger partial charge in [-0.05, 0) is 38.3 Å². The fourth-order valence-corrected chi connectivity index (χ4v) is 3.41. The first-order valence-corrected chi connectivity index (χ1v) is 7.60. The Labute approximate surface area is 117 Å². The normalized spacial score (nSPS) is 23.1. The van der Waals surface area contributed by atoms with Gasteiger partial charge in [0.25, 0.3) is 5.91 Å². The van der Waals surface area contributed by atoms with Crippen LogP contribution in [-0.4, -0.2) is 24.3 Å². The van der Waals surface area contributed by atoms with Crippen molar-refractivity contribution in [2.24, 2.45) is 11.7 Å². The molecule has 1 aliphatic rings. The first kappa shape index (κ1) is 14.2. The molecule has 1 heterocycles. The maximum atomic E-state index is 12.2. The van der Waals surface area contributed by atoms with Gasteiger partial charge in [-0.2, -0.15) is 0 Å². The minimum absolute atomic E-state index is 0.00667. The first-order chi connectivity index (χ1) is 9.11. The first-order valence-electron chi connectivity index (χ1n) is 6.72. The fraction of sp³-hybridized carbons (Fsp3) is 0.571. The quantitative estimate of drug-likeness (QED) is 0.830. The summed E-state index contributed by atoms with van der Waals surface area (Å²) in [6.45, 7) is 2.13. The van der Waals surface area contributed by atoms with Gasteiger partial charge < -0.3 is 11.1 Å². The van der Waals surface area contributed by atoms with E-state index in [1.807, 2.05) is 0 Å². The molecular weight excluding hydrogens is 260 g/mol. The van der Waals surface area contributed by atoms with E-state index in [1.54, 1.807) is 11.4 Å². The second-order valence-electron chi connectivity index (χ2n) is 5.12. The largest absolute Gasteiger partial charge is 0.348 e. The van der Waals surface area contributed by atoms with Crippen molar-refractivity contribution in [2.75, 3.05) is 6.54 Å². The molecular formula is C14H20N2O2S. The highest BCUT2D eigenvalue weighted by molar-refractivity contribution is 7.12. The van der Waals surface area contributed by atoms with Gasteiger partial charge in [-0.15, -0.1) is 11.3 Å². The molecule has 1 fully saturated rings. The summed E-state index contributed by atoms with van der Waals surface area (Å²) in [7, 11) is 0. The van der Waals surface area contributed by atoms with Crippen LogP contribution in [0.1, 0.15) is 52.6 Å². The van der Waals surface area contributed by atoms with Gasteiger partial charge in [0.1, 0.15) is 0 Å². The summed E-state index contributed by atoms with van der Waals surface area (Å²) in [5.41, 5.74) is 6.36. The third-order valence-corrected chi connectivity index (χ3v) is 4.69. The Balaban J connectivity index is 2.01. The molecule has 4 nitrogen and oxygen atoms in total. The maximum absolute atomic E-state index is 12.2. The lowest BCUT2D eigenvalue weighted by atomic mass is 9.84. The molecule has 1 aliphatic carbocycles. The van der Waals surface area contributed by atoms with Crippen molar-refractivity contribution in [1.29, 1.82) is 0 Å². The molecule has 1 amide bonds. The van der Waals surface area contributed by atoms with Crippen LogP contribution < -0.4 is 11.1 Å². The van der Waals surface area contributed by atoms with Crippen molar-refractivity contribution >= 4 is 23.0 Å². The van der Waals surface area contributed by atoms with Gasteiger partial charge in [-0.25, -0.2) is 0 Å². The molecule has 19 heavy (non-hydrogen) atoms. The Morgan fingerprint density at radius 2 is 2.16 bits per heavy atom. The number of nitrogens with two attached hydrogens (primary N) is 1. The molecule has 5 heteroatoms. The molecule has 1 aromatic heterocycles. The van der Waals surface area contributed by atoms with Crippen LogP contribution in [0.5, 0.6) is 0 Å². The number of carbonyl (C=O) groups is 2. The number of carbonyl (C=O) groups excluding carboxylic acids is 2. The number of amides is 1. The van der Waals surface area contributed by atoms with E-state index in [-0.39, 0.29) is 17.7 Å². The standard InChI is InChI=1S/C14H20N2O2S/c1-9(17)11-6-13(19-8-11)14(18)16-12-5-3-2-4-10(12)7-15/h6,8,10,12H,2-5,7,15H2,1H3,(H,16,18). The molecule has 0 radical (unpaired) electrons. The van der Waals surface area contributed by atoms with Crippen molar-refractivity contribution < 1.29 is 9.59 Å². The van der Waals surface area contributed by atoms with Crippen molar-refractivity contribution in [3.63, 3.8) is 0 Å². The van der Waals surface area contributed by atoms with Crippen molar-refractivity contribution in [1.82, 2.24) is 5.32 Å². The molecule has 0 spiro atoms. The molecule has 1 aromatic rings. The Kier molecular flexibility index (Phi) is 4.71. The van der Waals surface area contributed by atoms with Gasteiger partial charge in [-0.3, -0.25) is 9.59 Å². The van der Waals surface area contributed by atoms with Crippen LogP contribution in [0.15, 0.2) is 11.4 Å². The van der Waals surface area contributed by atoms with Crippen LogP contribution in [0.3, 0.4) is 0 Å². The number of nitrogens with one attached hydrogen (secondary N) is 1. The van der Waals surface area contributed by atoms with Crippen LogP contribution >= 0.6 is 11.3 Å². The number of hydrogen-bond acceptors (Lipinski definition) is 4. The van der Waals surface area contributed by atoms with Crippen LogP contribution in [0, 0.1) is 5.92 Å². The zero-order valence-corrected chi connectivity index (χ0v) is 12.0. The molecule has 3 N–H and O–H groups in total. The summed E-state index contributed by atoms with van der Waals surface area (Å²) >= 11 is 1.32. The minimum Gasteiger partial charge on any atom is -0.348 e. The van der Waals surface area contributed by atoms with Crippen molar-refractivity contribution in [2.45, 2.75) is 38.6 Å². The molecule has 104 valence electrons. The Bertz CT molecular complexity index is 470. The monoisotopic (exact) mass is 280 g/mol. The molecule has 0 aromatic carbocycles. The predicted octanol–water partition coefficient (Wildman–Crippen LogP) is 2.20. The van der Waals surface area contributed by atoms with Gasteiger partial charge in [0.05, 0.1) is 4.88 Å². The summed E-state index contributed by atoms with van der Waals surface area (Å²) in [5, 5.41) is 4.80. The second kappa shape index (κ2) is 6.30. The summed E-state index contributed by atoms with van der Waals surface area (Å²) < 4.78 is 0. The highest BCUT2D eigenvalue weighted by Gasteiger charge is 2.26. The third kappa shape index (κ3) is 3.42. The van der Waals surface area contributed by atoms with Crippen LogP contribution in [0.25, 0.3) is 0 Å². The molecule has 2 atom stereocenters. The van der Waals surface area contributed by atoms with E-state index < -0.39 is 0 Å². The van der Waals surface area contributed by atoms with Crippen molar-refractivity contribution in [3.8, 4) is 0 Å². The topological polar surface area (TPSA) is 72.2 Å².